The minimum atomic E-state index is -0.425. The van der Waals surface area contributed by atoms with Gasteiger partial charge in [0, 0.05) is 45.7 Å². The van der Waals surface area contributed by atoms with E-state index in [0.717, 1.165) is 45.6 Å². The van der Waals surface area contributed by atoms with Crippen LogP contribution in [0.25, 0.3) is 0 Å². The topological polar surface area (TPSA) is 53.1 Å². The molecule has 3 saturated heterocycles. The number of amides is 2. The Hall–Kier alpha value is -1.99. The smallest absolute Gasteiger partial charge is 0.228 e. The first-order valence-electron chi connectivity index (χ1n) is 11.1. The molecule has 164 valence electrons. The molecule has 0 spiro atoms. The van der Waals surface area contributed by atoms with Crippen LogP contribution in [0.4, 0.5) is 10.1 Å². The molecule has 30 heavy (non-hydrogen) atoms. The van der Waals surface area contributed by atoms with Crippen LogP contribution in [-0.4, -0.2) is 73.1 Å². The van der Waals surface area contributed by atoms with Gasteiger partial charge < -0.3 is 14.5 Å². The molecule has 1 aromatic rings. The van der Waals surface area contributed by atoms with Crippen molar-refractivity contribution in [2.24, 2.45) is 11.8 Å². The van der Waals surface area contributed by atoms with Crippen LogP contribution in [0, 0.1) is 17.7 Å². The molecular weight excluding hydrogens is 385 g/mol. The highest BCUT2D eigenvalue weighted by Crippen LogP contribution is 2.29. The van der Waals surface area contributed by atoms with Crippen LogP contribution in [0.2, 0.25) is 0 Å². The van der Waals surface area contributed by atoms with Crippen molar-refractivity contribution in [3.8, 4) is 0 Å². The molecule has 0 aliphatic carbocycles. The lowest BCUT2D eigenvalue weighted by atomic mass is 9.94. The molecule has 1 aromatic carbocycles. The third kappa shape index (κ3) is 4.67. The van der Waals surface area contributed by atoms with E-state index in [9.17, 15) is 14.0 Å². The number of para-hydroxylation sites is 1. The Balaban J connectivity index is 1.28. The first-order valence-corrected chi connectivity index (χ1v) is 11.1. The zero-order valence-corrected chi connectivity index (χ0v) is 17.9. The third-order valence-corrected chi connectivity index (χ3v) is 6.56. The summed E-state index contributed by atoms with van der Waals surface area (Å²) in [6.45, 7) is 8.99. The zero-order chi connectivity index (χ0) is 21.3. The van der Waals surface area contributed by atoms with Crippen molar-refractivity contribution >= 4 is 17.5 Å². The Labute approximate surface area is 177 Å². The molecule has 0 saturated carbocycles. The van der Waals surface area contributed by atoms with E-state index < -0.39 is 5.82 Å². The van der Waals surface area contributed by atoms with Gasteiger partial charge in [0.1, 0.15) is 5.82 Å². The molecule has 0 aromatic heterocycles. The number of carbonyl (C=O) groups excluding carboxylic acids is 2. The molecule has 3 aliphatic heterocycles. The summed E-state index contributed by atoms with van der Waals surface area (Å²) in [5.41, 5.74) is 0.269. The minimum absolute atomic E-state index is 0.0363. The molecule has 6 nitrogen and oxygen atoms in total. The van der Waals surface area contributed by atoms with Crippen LogP contribution in [0.3, 0.4) is 0 Å². The standard InChI is InChI=1S/C23H32FN3O3/c1-16-12-25(13-17(2)30-16)14-18-7-9-26(10-8-18)23(29)19-11-22(28)27(15-19)21-6-4-3-5-20(21)24/h3-6,16-19H,7-15H2,1-2H3. The number of likely N-dealkylation sites (tertiary alicyclic amines) is 1. The second kappa shape index (κ2) is 9.02. The lowest BCUT2D eigenvalue weighted by Crippen LogP contribution is -2.49. The van der Waals surface area contributed by atoms with Crippen LogP contribution in [-0.2, 0) is 14.3 Å². The Morgan fingerprint density at radius 1 is 1.10 bits per heavy atom. The first-order chi connectivity index (χ1) is 14.4. The van der Waals surface area contributed by atoms with E-state index >= 15 is 0 Å². The van der Waals surface area contributed by atoms with Crippen LogP contribution in [0.15, 0.2) is 24.3 Å². The molecule has 2 amide bonds. The number of anilines is 1. The third-order valence-electron chi connectivity index (χ3n) is 6.56. The van der Waals surface area contributed by atoms with E-state index in [0.29, 0.717) is 5.92 Å². The van der Waals surface area contributed by atoms with Crippen molar-refractivity contribution < 1.29 is 18.7 Å². The summed E-state index contributed by atoms with van der Waals surface area (Å²) < 4.78 is 19.9. The van der Waals surface area contributed by atoms with Gasteiger partial charge >= 0.3 is 0 Å². The highest BCUT2D eigenvalue weighted by molar-refractivity contribution is 6.00. The molecule has 0 N–H and O–H groups in total. The molecule has 3 fully saturated rings. The number of morpholine rings is 1. The number of halogens is 1. The van der Waals surface area contributed by atoms with Gasteiger partial charge in [0.2, 0.25) is 11.8 Å². The number of nitrogens with zero attached hydrogens (tertiary/aromatic N) is 3. The molecule has 3 heterocycles. The van der Waals surface area contributed by atoms with Crippen molar-refractivity contribution in [2.45, 2.75) is 45.3 Å². The summed E-state index contributed by atoms with van der Waals surface area (Å²) >= 11 is 0. The fraction of sp³-hybridized carbons (Fsp3) is 0.652. The van der Waals surface area contributed by atoms with Crippen molar-refractivity contribution in [3.63, 3.8) is 0 Å². The predicted molar refractivity (Wildman–Crippen MR) is 113 cm³/mol. The Morgan fingerprint density at radius 2 is 1.77 bits per heavy atom. The monoisotopic (exact) mass is 417 g/mol. The second-order valence-corrected chi connectivity index (χ2v) is 9.10. The van der Waals surface area contributed by atoms with Crippen LogP contribution in [0.1, 0.15) is 33.1 Å². The van der Waals surface area contributed by atoms with Crippen LogP contribution >= 0.6 is 0 Å². The largest absolute Gasteiger partial charge is 0.373 e. The van der Waals surface area contributed by atoms with Crippen LogP contribution in [0.5, 0.6) is 0 Å². The lowest BCUT2D eigenvalue weighted by molar-refractivity contribution is -0.137. The summed E-state index contributed by atoms with van der Waals surface area (Å²) in [5, 5.41) is 0. The van der Waals surface area contributed by atoms with Crippen molar-refractivity contribution in [3.05, 3.63) is 30.1 Å². The second-order valence-electron chi connectivity index (χ2n) is 9.10. The number of hydrogen-bond donors (Lipinski definition) is 0. The summed E-state index contributed by atoms with van der Waals surface area (Å²) in [5.74, 6) is -0.356. The van der Waals surface area contributed by atoms with E-state index in [-0.39, 0.29) is 48.6 Å². The Morgan fingerprint density at radius 3 is 2.43 bits per heavy atom. The Kier molecular flexibility index (Phi) is 6.39. The number of hydrogen-bond acceptors (Lipinski definition) is 4. The molecule has 0 bridgehead atoms. The van der Waals surface area contributed by atoms with Gasteiger partial charge in [-0.15, -0.1) is 0 Å². The molecule has 3 aliphatic rings. The fourth-order valence-corrected chi connectivity index (χ4v) is 5.17. The van der Waals surface area contributed by atoms with E-state index in [4.69, 9.17) is 4.74 Å². The highest BCUT2D eigenvalue weighted by atomic mass is 19.1. The number of carbonyl (C=O) groups is 2. The van der Waals surface area contributed by atoms with Crippen molar-refractivity contribution in [1.29, 1.82) is 0 Å². The summed E-state index contributed by atoms with van der Waals surface area (Å²) in [6, 6.07) is 6.25. The normalized spacial score (nSPS) is 28.9. The van der Waals surface area contributed by atoms with E-state index in [1.54, 1.807) is 18.2 Å². The first kappa shape index (κ1) is 21.2. The van der Waals surface area contributed by atoms with E-state index in [1.807, 2.05) is 4.90 Å². The van der Waals surface area contributed by atoms with Crippen molar-refractivity contribution in [2.75, 3.05) is 44.2 Å². The van der Waals surface area contributed by atoms with Gasteiger partial charge in [0.25, 0.3) is 0 Å². The predicted octanol–water partition coefficient (Wildman–Crippen LogP) is 2.53. The molecule has 3 atom stereocenters. The average molecular weight is 418 g/mol. The maximum Gasteiger partial charge on any atom is 0.228 e. The van der Waals surface area contributed by atoms with E-state index in [1.165, 1.54) is 11.0 Å². The summed E-state index contributed by atoms with van der Waals surface area (Å²) in [4.78, 5) is 31.3. The minimum Gasteiger partial charge on any atom is -0.373 e. The number of benzene rings is 1. The van der Waals surface area contributed by atoms with Crippen molar-refractivity contribution in [1.82, 2.24) is 9.80 Å². The molecular formula is C23H32FN3O3. The molecule has 4 rings (SSSR count). The highest BCUT2D eigenvalue weighted by Gasteiger charge is 2.39. The lowest BCUT2D eigenvalue weighted by Gasteiger charge is -2.39. The molecule has 0 radical (unpaired) electrons. The molecule has 7 heteroatoms. The zero-order valence-electron chi connectivity index (χ0n) is 17.9. The quantitative estimate of drug-likeness (QED) is 0.756. The van der Waals surface area contributed by atoms with Gasteiger partial charge in [0.05, 0.1) is 23.8 Å². The maximum absolute atomic E-state index is 14.1. The summed E-state index contributed by atoms with van der Waals surface area (Å²) in [7, 11) is 0. The summed E-state index contributed by atoms with van der Waals surface area (Å²) in [6.07, 6.45) is 2.68. The number of rotatable bonds is 4. The Bertz CT molecular complexity index is 771. The fourth-order valence-electron chi connectivity index (χ4n) is 5.17. The van der Waals surface area contributed by atoms with Crippen LogP contribution < -0.4 is 4.90 Å². The van der Waals surface area contributed by atoms with Gasteiger partial charge in [-0.05, 0) is 44.7 Å². The van der Waals surface area contributed by atoms with Gasteiger partial charge in [-0.1, -0.05) is 12.1 Å². The van der Waals surface area contributed by atoms with Gasteiger partial charge in [-0.3, -0.25) is 14.5 Å². The SMILES string of the molecule is CC1CN(CC2CCN(C(=O)C3CC(=O)N(c4ccccc4F)C3)CC2)CC(C)O1. The van der Waals surface area contributed by atoms with Gasteiger partial charge in [0.15, 0.2) is 0 Å². The van der Waals surface area contributed by atoms with Gasteiger partial charge in [-0.25, -0.2) is 4.39 Å². The maximum atomic E-state index is 14.1. The van der Waals surface area contributed by atoms with E-state index in [2.05, 4.69) is 18.7 Å². The van der Waals surface area contributed by atoms with Gasteiger partial charge in [-0.2, -0.15) is 0 Å². The average Bonchev–Trinajstić information content (AvgIpc) is 3.09. The number of ether oxygens (including phenoxy) is 1. The number of piperidine rings is 1. The molecule has 3 unspecified atom stereocenters.